The van der Waals surface area contributed by atoms with E-state index in [9.17, 15) is 4.79 Å². The van der Waals surface area contributed by atoms with Gasteiger partial charge in [-0.3, -0.25) is 9.78 Å². The quantitative estimate of drug-likeness (QED) is 0.675. The Hall–Kier alpha value is -3.14. The number of rotatable bonds is 8. The Labute approximate surface area is 154 Å². The van der Waals surface area contributed by atoms with E-state index in [-0.39, 0.29) is 5.91 Å². The van der Waals surface area contributed by atoms with Gasteiger partial charge in [0.15, 0.2) is 0 Å². The van der Waals surface area contributed by atoms with Crippen LogP contribution >= 0.6 is 0 Å². The highest BCUT2D eigenvalue weighted by molar-refractivity contribution is 5.76. The van der Waals surface area contributed by atoms with Crippen LogP contribution in [0.15, 0.2) is 85.2 Å². The fourth-order valence-corrected chi connectivity index (χ4v) is 2.77. The van der Waals surface area contributed by atoms with Crippen molar-refractivity contribution in [2.45, 2.75) is 19.5 Å². The van der Waals surface area contributed by atoms with E-state index in [1.165, 1.54) is 5.56 Å². The predicted octanol–water partition coefficient (Wildman–Crippen LogP) is 3.79. The fraction of sp³-hybridized carbons (Fsp3) is 0.182. The van der Waals surface area contributed by atoms with Crippen molar-refractivity contribution in [2.24, 2.45) is 0 Å². The first kappa shape index (κ1) is 17.7. The maximum absolute atomic E-state index is 12.3. The van der Waals surface area contributed by atoms with E-state index in [0.29, 0.717) is 19.5 Å². The molecular formula is C22H23N3O. The number of benzene rings is 2. The molecule has 0 aliphatic heterocycles. The number of carbonyl (C=O) groups excluding carboxylic acids is 1. The summed E-state index contributed by atoms with van der Waals surface area (Å²) in [5.74, 6) is 0.0517. The van der Waals surface area contributed by atoms with Crippen molar-refractivity contribution in [1.82, 2.24) is 10.3 Å². The molecule has 0 saturated carbocycles. The highest BCUT2D eigenvalue weighted by atomic mass is 16.1. The van der Waals surface area contributed by atoms with Gasteiger partial charge in [-0.1, -0.05) is 48.5 Å². The summed E-state index contributed by atoms with van der Waals surface area (Å²) in [6.45, 7) is 1.98. The van der Waals surface area contributed by atoms with E-state index in [1.54, 1.807) is 12.4 Å². The lowest BCUT2D eigenvalue weighted by Gasteiger charge is -2.25. The first-order valence-electron chi connectivity index (χ1n) is 8.81. The van der Waals surface area contributed by atoms with Gasteiger partial charge in [-0.05, 0) is 35.4 Å². The molecule has 3 aromatic rings. The van der Waals surface area contributed by atoms with Crippen LogP contribution in [0.3, 0.4) is 0 Å². The fourth-order valence-electron chi connectivity index (χ4n) is 2.77. The van der Waals surface area contributed by atoms with Crippen molar-refractivity contribution < 1.29 is 4.79 Å². The number of hydrogen-bond donors (Lipinski definition) is 1. The third-order valence-corrected chi connectivity index (χ3v) is 4.19. The lowest BCUT2D eigenvalue weighted by molar-refractivity contribution is -0.121. The number of hydrogen-bond acceptors (Lipinski definition) is 3. The van der Waals surface area contributed by atoms with Crippen LogP contribution < -0.4 is 10.2 Å². The Bertz CT molecular complexity index is 791. The van der Waals surface area contributed by atoms with Gasteiger partial charge in [-0.15, -0.1) is 0 Å². The molecule has 0 unspecified atom stereocenters. The summed E-state index contributed by atoms with van der Waals surface area (Å²) in [6.07, 6.45) is 3.92. The maximum atomic E-state index is 12.3. The molecule has 4 nitrogen and oxygen atoms in total. The van der Waals surface area contributed by atoms with Crippen LogP contribution in [0.1, 0.15) is 17.5 Å². The smallest absolute Gasteiger partial charge is 0.222 e. The lowest BCUT2D eigenvalue weighted by atomic mass is 10.2. The van der Waals surface area contributed by atoms with Crippen molar-refractivity contribution in [1.29, 1.82) is 0 Å². The van der Waals surface area contributed by atoms with Crippen LogP contribution in [-0.2, 0) is 17.9 Å². The summed E-state index contributed by atoms with van der Waals surface area (Å²) in [5, 5.41) is 2.98. The van der Waals surface area contributed by atoms with Crippen molar-refractivity contribution in [3.63, 3.8) is 0 Å². The van der Waals surface area contributed by atoms with Gasteiger partial charge in [0.05, 0.1) is 0 Å². The third kappa shape index (κ3) is 5.45. The molecule has 132 valence electrons. The Morgan fingerprint density at radius 1 is 0.846 bits per heavy atom. The van der Waals surface area contributed by atoms with Gasteiger partial charge in [0.1, 0.15) is 0 Å². The molecule has 2 aromatic carbocycles. The summed E-state index contributed by atoms with van der Waals surface area (Å²) in [5.41, 5.74) is 3.41. The molecule has 0 saturated heterocycles. The molecule has 1 heterocycles. The number of amides is 1. The van der Waals surface area contributed by atoms with Crippen molar-refractivity contribution in [2.75, 3.05) is 11.4 Å². The molecule has 1 N–H and O–H groups in total. The summed E-state index contributed by atoms with van der Waals surface area (Å²) < 4.78 is 0. The van der Waals surface area contributed by atoms with Crippen LogP contribution in [0.2, 0.25) is 0 Å². The second-order valence-electron chi connectivity index (χ2n) is 6.12. The zero-order valence-electron chi connectivity index (χ0n) is 14.7. The molecule has 4 heteroatoms. The number of carbonyl (C=O) groups is 1. The van der Waals surface area contributed by atoms with Gasteiger partial charge in [0.25, 0.3) is 0 Å². The van der Waals surface area contributed by atoms with E-state index >= 15 is 0 Å². The molecule has 0 atom stereocenters. The largest absolute Gasteiger partial charge is 0.367 e. The van der Waals surface area contributed by atoms with Gasteiger partial charge < -0.3 is 10.2 Å². The number of para-hydroxylation sites is 1. The maximum Gasteiger partial charge on any atom is 0.222 e. The Balaban J connectivity index is 1.58. The standard InChI is InChI=1S/C22H23N3O/c26-22(24-17-19-11-14-23-15-12-19)13-16-25(21-9-5-2-6-10-21)18-20-7-3-1-4-8-20/h1-12,14-15H,13,16-18H2,(H,24,26). The molecule has 0 spiro atoms. The monoisotopic (exact) mass is 345 g/mol. The molecule has 26 heavy (non-hydrogen) atoms. The molecule has 0 radical (unpaired) electrons. The van der Waals surface area contributed by atoms with Crippen molar-refractivity contribution in [3.8, 4) is 0 Å². The molecule has 0 aliphatic carbocycles. The average molecular weight is 345 g/mol. The Kier molecular flexibility index (Phi) is 6.37. The van der Waals surface area contributed by atoms with E-state index in [4.69, 9.17) is 0 Å². The SMILES string of the molecule is O=C(CCN(Cc1ccccc1)c1ccccc1)NCc1ccncc1. The zero-order valence-corrected chi connectivity index (χ0v) is 14.7. The van der Waals surface area contributed by atoms with Gasteiger partial charge in [0, 0.05) is 44.1 Å². The Morgan fingerprint density at radius 2 is 1.50 bits per heavy atom. The average Bonchev–Trinajstić information content (AvgIpc) is 2.72. The summed E-state index contributed by atoms with van der Waals surface area (Å²) in [4.78, 5) is 18.5. The first-order valence-corrected chi connectivity index (χ1v) is 8.81. The normalized spacial score (nSPS) is 10.3. The van der Waals surface area contributed by atoms with Crippen LogP contribution in [-0.4, -0.2) is 17.4 Å². The molecule has 0 aliphatic rings. The predicted molar refractivity (Wildman–Crippen MR) is 105 cm³/mol. The molecule has 0 bridgehead atoms. The van der Waals surface area contributed by atoms with Gasteiger partial charge in [0.2, 0.25) is 5.91 Å². The zero-order chi connectivity index (χ0) is 18.0. The number of nitrogens with zero attached hydrogens (tertiary/aromatic N) is 2. The van der Waals surface area contributed by atoms with E-state index in [2.05, 4.69) is 39.5 Å². The molecule has 0 fully saturated rings. The number of nitrogens with one attached hydrogen (secondary N) is 1. The second kappa shape index (κ2) is 9.37. The molecule has 1 aromatic heterocycles. The lowest BCUT2D eigenvalue weighted by Crippen LogP contribution is -2.30. The van der Waals surface area contributed by atoms with Gasteiger partial charge in [-0.2, -0.15) is 0 Å². The summed E-state index contributed by atoms with van der Waals surface area (Å²) in [7, 11) is 0. The summed E-state index contributed by atoms with van der Waals surface area (Å²) in [6, 6.07) is 24.4. The van der Waals surface area contributed by atoms with E-state index in [1.807, 2.05) is 48.5 Å². The minimum Gasteiger partial charge on any atom is -0.367 e. The topological polar surface area (TPSA) is 45.2 Å². The number of pyridine rings is 1. The van der Waals surface area contributed by atoms with Gasteiger partial charge in [-0.25, -0.2) is 0 Å². The van der Waals surface area contributed by atoms with Crippen LogP contribution in [0.5, 0.6) is 0 Å². The third-order valence-electron chi connectivity index (χ3n) is 4.19. The number of anilines is 1. The molecular weight excluding hydrogens is 322 g/mol. The highest BCUT2D eigenvalue weighted by Gasteiger charge is 2.10. The van der Waals surface area contributed by atoms with Crippen molar-refractivity contribution >= 4 is 11.6 Å². The van der Waals surface area contributed by atoms with Crippen LogP contribution in [0.25, 0.3) is 0 Å². The molecule has 3 rings (SSSR count). The first-order chi connectivity index (χ1) is 12.8. The highest BCUT2D eigenvalue weighted by Crippen LogP contribution is 2.17. The minimum absolute atomic E-state index is 0.0517. The number of aromatic nitrogens is 1. The minimum atomic E-state index is 0.0517. The van der Waals surface area contributed by atoms with Crippen molar-refractivity contribution in [3.05, 3.63) is 96.3 Å². The summed E-state index contributed by atoms with van der Waals surface area (Å²) >= 11 is 0. The van der Waals surface area contributed by atoms with Crippen LogP contribution in [0.4, 0.5) is 5.69 Å². The molecule has 1 amide bonds. The van der Waals surface area contributed by atoms with E-state index in [0.717, 1.165) is 17.8 Å². The van der Waals surface area contributed by atoms with E-state index < -0.39 is 0 Å². The second-order valence-corrected chi connectivity index (χ2v) is 6.12. The Morgan fingerprint density at radius 3 is 2.19 bits per heavy atom. The van der Waals surface area contributed by atoms with Gasteiger partial charge >= 0.3 is 0 Å². The van der Waals surface area contributed by atoms with Crippen LogP contribution in [0, 0.1) is 0 Å².